The van der Waals surface area contributed by atoms with Gasteiger partial charge in [0.05, 0.1) is 45.4 Å². The van der Waals surface area contributed by atoms with Gasteiger partial charge in [-0.2, -0.15) is 5.10 Å². The second-order valence-corrected chi connectivity index (χ2v) is 8.18. The Hall–Kier alpha value is -3.94. The standard InChI is InChI=1S/C24H27N7O5S/c1-33-19-7-5-15(9-20(19)34-2)13-30-14-16(10-27-30)18-11-25-17-6-8-21(29-23(17)28-18)31(37)24(32)26-12-22(35-3)36-4/h5-11,14,22,37H,12-13H2,1-4H3,(H,26,32). The van der Waals surface area contributed by atoms with Crippen molar-refractivity contribution in [1.29, 1.82) is 0 Å². The lowest BCUT2D eigenvalue weighted by atomic mass is 10.2. The second kappa shape index (κ2) is 11.9. The molecule has 0 aliphatic heterocycles. The number of amides is 2. The predicted molar refractivity (Wildman–Crippen MR) is 140 cm³/mol. The van der Waals surface area contributed by atoms with E-state index in [2.05, 4.69) is 38.2 Å². The summed E-state index contributed by atoms with van der Waals surface area (Å²) in [5, 5.41) is 7.11. The van der Waals surface area contributed by atoms with Gasteiger partial charge in [-0.3, -0.25) is 9.67 Å². The van der Waals surface area contributed by atoms with Gasteiger partial charge >= 0.3 is 6.03 Å². The first-order valence-corrected chi connectivity index (χ1v) is 11.6. The van der Waals surface area contributed by atoms with Crippen LogP contribution in [0.15, 0.2) is 48.9 Å². The average Bonchev–Trinajstić information content (AvgIpc) is 3.40. The molecular formula is C24H27N7O5S. The number of ether oxygens (including phenoxy) is 4. The highest BCUT2D eigenvalue weighted by Crippen LogP contribution is 2.28. The summed E-state index contributed by atoms with van der Waals surface area (Å²) < 4.78 is 23.7. The maximum Gasteiger partial charge on any atom is 0.333 e. The highest BCUT2D eigenvalue weighted by Gasteiger charge is 2.17. The summed E-state index contributed by atoms with van der Waals surface area (Å²) in [4.78, 5) is 26.0. The number of fused-ring (bicyclic) bond motifs is 1. The summed E-state index contributed by atoms with van der Waals surface area (Å²) >= 11 is 4.27. The molecule has 0 fully saturated rings. The lowest BCUT2D eigenvalue weighted by Crippen LogP contribution is -2.40. The van der Waals surface area contributed by atoms with E-state index in [0.717, 1.165) is 15.4 Å². The Labute approximate surface area is 219 Å². The molecule has 0 aliphatic carbocycles. The fraction of sp³-hybridized carbons (Fsp3) is 0.292. The number of anilines is 1. The molecule has 3 heterocycles. The first kappa shape index (κ1) is 26.1. The maximum atomic E-state index is 12.5. The Kier molecular flexibility index (Phi) is 8.38. The van der Waals surface area contributed by atoms with E-state index in [-0.39, 0.29) is 12.4 Å². The van der Waals surface area contributed by atoms with Crippen LogP contribution in [0.5, 0.6) is 11.5 Å². The molecule has 13 heteroatoms. The van der Waals surface area contributed by atoms with Crippen molar-refractivity contribution in [2.75, 3.05) is 39.3 Å². The van der Waals surface area contributed by atoms with Crippen molar-refractivity contribution in [3.05, 3.63) is 54.5 Å². The summed E-state index contributed by atoms with van der Waals surface area (Å²) in [6.45, 7) is 0.675. The lowest BCUT2D eigenvalue weighted by Gasteiger charge is -2.18. The van der Waals surface area contributed by atoms with Crippen molar-refractivity contribution >= 4 is 35.8 Å². The van der Waals surface area contributed by atoms with Gasteiger partial charge in [-0.1, -0.05) is 18.9 Å². The molecule has 0 atom stereocenters. The Bertz CT molecular complexity index is 1380. The topological polar surface area (TPSA) is 126 Å². The highest BCUT2D eigenvalue weighted by atomic mass is 32.1. The highest BCUT2D eigenvalue weighted by molar-refractivity contribution is 7.82. The fourth-order valence-corrected chi connectivity index (χ4v) is 3.69. The molecule has 2 amide bonds. The van der Waals surface area contributed by atoms with E-state index in [9.17, 15) is 4.79 Å². The van der Waals surface area contributed by atoms with Crippen molar-refractivity contribution in [2.45, 2.75) is 12.8 Å². The molecule has 194 valence electrons. The summed E-state index contributed by atoms with van der Waals surface area (Å²) in [6.07, 6.45) is 4.66. The first-order valence-electron chi connectivity index (χ1n) is 11.2. The molecule has 0 spiro atoms. The minimum absolute atomic E-state index is 0.147. The zero-order valence-corrected chi connectivity index (χ0v) is 21.7. The van der Waals surface area contributed by atoms with Gasteiger partial charge in [-0.15, -0.1) is 0 Å². The van der Waals surface area contributed by atoms with Crippen molar-refractivity contribution in [3.63, 3.8) is 0 Å². The molecule has 0 saturated carbocycles. The van der Waals surface area contributed by atoms with Crippen LogP contribution in [0.1, 0.15) is 5.56 Å². The molecule has 37 heavy (non-hydrogen) atoms. The molecule has 4 aromatic rings. The number of benzene rings is 1. The predicted octanol–water partition coefficient (Wildman–Crippen LogP) is 2.93. The Morgan fingerprint density at radius 1 is 1.05 bits per heavy atom. The van der Waals surface area contributed by atoms with Crippen LogP contribution in [0.2, 0.25) is 0 Å². The van der Waals surface area contributed by atoms with Gasteiger partial charge in [0.2, 0.25) is 0 Å². The molecule has 0 bridgehead atoms. The van der Waals surface area contributed by atoms with E-state index < -0.39 is 12.3 Å². The number of aromatic nitrogens is 5. The first-order chi connectivity index (χ1) is 17.9. The van der Waals surface area contributed by atoms with E-state index in [1.165, 1.54) is 14.2 Å². The molecule has 0 radical (unpaired) electrons. The fourth-order valence-electron chi connectivity index (χ4n) is 3.51. The molecule has 12 nitrogen and oxygen atoms in total. The second-order valence-electron chi connectivity index (χ2n) is 7.78. The third kappa shape index (κ3) is 6.07. The van der Waals surface area contributed by atoms with Gasteiger partial charge in [0.25, 0.3) is 0 Å². The molecule has 0 saturated heterocycles. The molecule has 0 unspecified atom stereocenters. The third-order valence-electron chi connectivity index (χ3n) is 5.47. The van der Waals surface area contributed by atoms with Gasteiger partial charge in [-0.25, -0.2) is 19.1 Å². The van der Waals surface area contributed by atoms with Gasteiger partial charge < -0.3 is 24.3 Å². The van der Waals surface area contributed by atoms with E-state index in [4.69, 9.17) is 18.9 Å². The Balaban J connectivity index is 1.51. The molecule has 1 aromatic carbocycles. The minimum Gasteiger partial charge on any atom is -0.493 e. The van der Waals surface area contributed by atoms with E-state index >= 15 is 0 Å². The van der Waals surface area contributed by atoms with Gasteiger partial charge in [0, 0.05) is 26.0 Å². The van der Waals surface area contributed by atoms with Gasteiger partial charge in [-0.05, 0) is 29.8 Å². The normalized spacial score (nSPS) is 11.1. The summed E-state index contributed by atoms with van der Waals surface area (Å²) in [5.74, 6) is 1.60. The number of rotatable bonds is 10. The molecule has 1 N–H and O–H groups in total. The van der Waals surface area contributed by atoms with Crippen molar-refractivity contribution < 1.29 is 23.7 Å². The van der Waals surface area contributed by atoms with E-state index in [1.54, 1.807) is 43.4 Å². The number of hydrogen-bond donors (Lipinski definition) is 2. The monoisotopic (exact) mass is 525 g/mol. The zero-order chi connectivity index (χ0) is 26.4. The Morgan fingerprint density at radius 2 is 1.84 bits per heavy atom. The SMILES string of the molecule is COc1ccc(Cn2cc(-c3cnc4ccc(N(S)C(=O)NCC(OC)OC)nc4n3)cn2)cc1OC. The van der Waals surface area contributed by atoms with Crippen LogP contribution in [0.25, 0.3) is 22.4 Å². The number of nitrogens with one attached hydrogen (secondary N) is 1. The van der Waals surface area contributed by atoms with E-state index in [1.807, 2.05) is 24.4 Å². The lowest BCUT2D eigenvalue weighted by molar-refractivity contribution is -0.0970. The summed E-state index contributed by atoms with van der Waals surface area (Å²) in [7, 11) is 6.17. The van der Waals surface area contributed by atoms with Crippen LogP contribution in [-0.2, 0) is 16.0 Å². The van der Waals surface area contributed by atoms with Crippen LogP contribution in [0, 0.1) is 0 Å². The number of hydrogen-bond acceptors (Lipinski definition) is 10. The summed E-state index contributed by atoms with van der Waals surface area (Å²) in [6, 6.07) is 8.58. The number of urea groups is 1. The van der Waals surface area contributed by atoms with Crippen LogP contribution < -0.4 is 19.1 Å². The van der Waals surface area contributed by atoms with E-state index in [0.29, 0.717) is 34.9 Å². The Morgan fingerprint density at radius 3 is 2.57 bits per heavy atom. The molecule has 4 rings (SSSR count). The van der Waals surface area contributed by atoms with Crippen molar-refractivity contribution in [3.8, 4) is 22.8 Å². The minimum atomic E-state index is -0.573. The number of carbonyl (C=O) groups is 1. The number of thiol groups is 1. The van der Waals surface area contributed by atoms with Gasteiger partial charge in [0.15, 0.2) is 23.4 Å². The summed E-state index contributed by atoms with van der Waals surface area (Å²) in [5.41, 5.74) is 3.30. The number of carbonyl (C=O) groups excluding carboxylic acids is 1. The van der Waals surface area contributed by atoms with Crippen LogP contribution in [-0.4, -0.2) is 72.0 Å². The largest absolute Gasteiger partial charge is 0.493 e. The number of nitrogens with zero attached hydrogens (tertiary/aromatic N) is 6. The van der Waals surface area contributed by atoms with Crippen molar-refractivity contribution in [1.82, 2.24) is 30.0 Å². The third-order valence-corrected chi connectivity index (χ3v) is 5.86. The number of methoxy groups -OCH3 is 4. The molecule has 3 aromatic heterocycles. The van der Waals surface area contributed by atoms with Crippen LogP contribution in [0.3, 0.4) is 0 Å². The number of pyridine rings is 1. The quantitative estimate of drug-likeness (QED) is 0.237. The van der Waals surface area contributed by atoms with Crippen LogP contribution >= 0.6 is 12.8 Å². The van der Waals surface area contributed by atoms with Gasteiger partial charge in [0.1, 0.15) is 11.3 Å². The maximum absolute atomic E-state index is 12.5. The average molecular weight is 526 g/mol. The van der Waals surface area contributed by atoms with Crippen molar-refractivity contribution in [2.24, 2.45) is 0 Å². The zero-order valence-electron chi connectivity index (χ0n) is 20.8. The smallest absolute Gasteiger partial charge is 0.333 e. The molecule has 0 aliphatic rings. The van der Waals surface area contributed by atoms with Crippen LogP contribution in [0.4, 0.5) is 10.6 Å². The molecular weight excluding hydrogens is 498 g/mol.